The molecule has 0 fully saturated rings. The summed E-state index contributed by atoms with van der Waals surface area (Å²) in [5.41, 5.74) is 3.00. The second-order valence-electron chi connectivity index (χ2n) is 5.17. The van der Waals surface area contributed by atoms with Crippen LogP contribution in [0, 0.1) is 0 Å². The van der Waals surface area contributed by atoms with Crippen LogP contribution in [0.2, 0.25) is 0 Å². The molecule has 7 heteroatoms. The maximum Gasteiger partial charge on any atom is 0.315 e. The molecular formula is C16H20N4O3. The SMILES string of the molecule is Cn1cc(-c2ccccc2CNC(=O)NCCCC(=O)O)cn1. The van der Waals surface area contributed by atoms with E-state index in [1.807, 2.05) is 37.5 Å². The van der Waals surface area contributed by atoms with Gasteiger partial charge < -0.3 is 15.7 Å². The van der Waals surface area contributed by atoms with Gasteiger partial charge in [-0.15, -0.1) is 0 Å². The number of nitrogens with one attached hydrogen (secondary N) is 2. The number of carbonyl (C=O) groups is 2. The number of hydrogen-bond acceptors (Lipinski definition) is 3. The van der Waals surface area contributed by atoms with Crippen molar-refractivity contribution in [2.24, 2.45) is 7.05 Å². The summed E-state index contributed by atoms with van der Waals surface area (Å²) in [7, 11) is 1.86. The highest BCUT2D eigenvalue weighted by Gasteiger charge is 2.08. The molecule has 0 aliphatic heterocycles. The van der Waals surface area contributed by atoms with Gasteiger partial charge in [-0.1, -0.05) is 24.3 Å². The van der Waals surface area contributed by atoms with Gasteiger partial charge >= 0.3 is 12.0 Å². The van der Waals surface area contributed by atoms with Crippen molar-refractivity contribution in [1.82, 2.24) is 20.4 Å². The van der Waals surface area contributed by atoms with Gasteiger partial charge in [0.25, 0.3) is 0 Å². The molecule has 1 heterocycles. The van der Waals surface area contributed by atoms with Crippen molar-refractivity contribution in [3.8, 4) is 11.1 Å². The Balaban J connectivity index is 1.88. The van der Waals surface area contributed by atoms with Gasteiger partial charge in [-0.05, 0) is 17.5 Å². The minimum Gasteiger partial charge on any atom is -0.481 e. The van der Waals surface area contributed by atoms with Crippen LogP contribution >= 0.6 is 0 Å². The number of carboxylic acids is 1. The summed E-state index contributed by atoms with van der Waals surface area (Å²) < 4.78 is 1.73. The van der Waals surface area contributed by atoms with Crippen LogP contribution in [0.4, 0.5) is 4.79 Å². The van der Waals surface area contributed by atoms with Crippen LogP contribution in [0.1, 0.15) is 18.4 Å². The van der Waals surface area contributed by atoms with Crippen LogP contribution in [0.25, 0.3) is 11.1 Å². The minimum absolute atomic E-state index is 0.0458. The number of amides is 2. The Labute approximate surface area is 134 Å². The van der Waals surface area contributed by atoms with E-state index in [-0.39, 0.29) is 12.5 Å². The highest BCUT2D eigenvalue weighted by Crippen LogP contribution is 2.22. The fourth-order valence-electron chi connectivity index (χ4n) is 2.20. The third-order valence-corrected chi connectivity index (χ3v) is 3.33. The molecule has 3 N–H and O–H groups in total. The second kappa shape index (κ2) is 7.98. The lowest BCUT2D eigenvalue weighted by Gasteiger charge is -2.10. The van der Waals surface area contributed by atoms with Crippen LogP contribution in [0.15, 0.2) is 36.7 Å². The average Bonchev–Trinajstić information content (AvgIpc) is 2.96. The molecule has 1 aromatic carbocycles. The molecule has 0 aliphatic carbocycles. The highest BCUT2D eigenvalue weighted by molar-refractivity contribution is 5.74. The number of aryl methyl sites for hydroxylation is 1. The summed E-state index contributed by atoms with van der Waals surface area (Å²) >= 11 is 0. The second-order valence-corrected chi connectivity index (χ2v) is 5.17. The van der Waals surface area contributed by atoms with E-state index >= 15 is 0 Å². The van der Waals surface area contributed by atoms with Crippen molar-refractivity contribution in [3.63, 3.8) is 0 Å². The number of hydrogen-bond donors (Lipinski definition) is 3. The third kappa shape index (κ3) is 5.14. The zero-order chi connectivity index (χ0) is 16.7. The molecule has 1 aromatic heterocycles. The molecule has 0 saturated heterocycles. The van der Waals surface area contributed by atoms with Gasteiger partial charge in [0.05, 0.1) is 6.20 Å². The largest absolute Gasteiger partial charge is 0.481 e. The zero-order valence-electron chi connectivity index (χ0n) is 13.0. The maximum atomic E-state index is 11.7. The number of carbonyl (C=O) groups excluding carboxylic acids is 1. The third-order valence-electron chi connectivity index (χ3n) is 3.33. The van der Waals surface area contributed by atoms with E-state index in [1.54, 1.807) is 10.9 Å². The maximum absolute atomic E-state index is 11.7. The van der Waals surface area contributed by atoms with Crippen LogP contribution in [0.5, 0.6) is 0 Å². The Hall–Kier alpha value is -2.83. The molecule has 2 amide bonds. The molecular weight excluding hydrogens is 296 g/mol. The summed E-state index contributed by atoms with van der Waals surface area (Å²) in [6.45, 7) is 0.720. The van der Waals surface area contributed by atoms with Crippen molar-refractivity contribution in [1.29, 1.82) is 0 Å². The molecule has 23 heavy (non-hydrogen) atoms. The number of rotatable bonds is 7. The van der Waals surface area contributed by atoms with E-state index in [9.17, 15) is 9.59 Å². The lowest BCUT2D eigenvalue weighted by atomic mass is 10.0. The molecule has 7 nitrogen and oxygen atoms in total. The monoisotopic (exact) mass is 316 g/mol. The van der Waals surface area contributed by atoms with E-state index < -0.39 is 5.97 Å². The summed E-state index contributed by atoms with van der Waals surface area (Å²) in [5, 5.41) is 18.1. The fraction of sp³-hybridized carbons (Fsp3) is 0.312. The molecule has 0 atom stereocenters. The summed E-state index contributed by atoms with van der Waals surface area (Å²) in [6.07, 6.45) is 4.16. The quantitative estimate of drug-likeness (QED) is 0.678. The smallest absolute Gasteiger partial charge is 0.315 e. The minimum atomic E-state index is -0.863. The number of aromatic nitrogens is 2. The highest BCUT2D eigenvalue weighted by atomic mass is 16.4. The molecule has 0 saturated carbocycles. The summed E-state index contributed by atoms with van der Waals surface area (Å²) in [6, 6.07) is 7.49. The van der Waals surface area contributed by atoms with Gasteiger partial charge in [-0.3, -0.25) is 9.48 Å². The number of carboxylic acid groups (broad SMARTS) is 1. The van der Waals surface area contributed by atoms with E-state index in [0.29, 0.717) is 19.5 Å². The first-order valence-electron chi connectivity index (χ1n) is 7.36. The molecule has 0 radical (unpaired) electrons. The van der Waals surface area contributed by atoms with Gasteiger partial charge in [0.1, 0.15) is 0 Å². The standard InChI is InChI=1S/C16H20N4O3/c1-20-11-13(10-19-20)14-6-3-2-5-12(14)9-18-16(23)17-8-4-7-15(21)22/h2-3,5-6,10-11H,4,7-9H2,1H3,(H,21,22)(H2,17,18,23). The zero-order valence-corrected chi connectivity index (χ0v) is 13.0. The fourth-order valence-corrected chi connectivity index (χ4v) is 2.20. The molecule has 0 spiro atoms. The Bertz CT molecular complexity index is 681. The van der Waals surface area contributed by atoms with Crippen LogP contribution < -0.4 is 10.6 Å². The Morgan fingerprint density at radius 3 is 2.74 bits per heavy atom. The van der Waals surface area contributed by atoms with Crippen molar-refractivity contribution in [3.05, 3.63) is 42.2 Å². The van der Waals surface area contributed by atoms with E-state index in [4.69, 9.17) is 5.11 Å². The summed E-state index contributed by atoms with van der Waals surface area (Å²) in [4.78, 5) is 22.1. The van der Waals surface area contributed by atoms with Gasteiger partial charge in [0.2, 0.25) is 0 Å². The lowest BCUT2D eigenvalue weighted by Crippen LogP contribution is -2.35. The van der Waals surface area contributed by atoms with Crippen LogP contribution in [0.3, 0.4) is 0 Å². The van der Waals surface area contributed by atoms with Gasteiger partial charge in [-0.25, -0.2) is 4.79 Å². The summed E-state index contributed by atoms with van der Waals surface area (Å²) in [5.74, 6) is -0.863. The first-order chi connectivity index (χ1) is 11.1. The predicted molar refractivity (Wildman–Crippen MR) is 85.8 cm³/mol. The number of benzene rings is 1. The van der Waals surface area contributed by atoms with Gasteiger partial charge in [0, 0.05) is 38.3 Å². The normalized spacial score (nSPS) is 10.3. The Kier molecular flexibility index (Phi) is 5.74. The first kappa shape index (κ1) is 16.5. The molecule has 0 bridgehead atoms. The molecule has 2 aromatic rings. The van der Waals surface area contributed by atoms with Crippen molar-refractivity contribution in [2.75, 3.05) is 6.54 Å². The molecule has 0 aliphatic rings. The lowest BCUT2D eigenvalue weighted by molar-refractivity contribution is -0.137. The van der Waals surface area contributed by atoms with Gasteiger partial charge in [-0.2, -0.15) is 5.10 Å². The Morgan fingerprint density at radius 2 is 2.04 bits per heavy atom. The average molecular weight is 316 g/mol. The first-order valence-corrected chi connectivity index (χ1v) is 7.36. The number of nitrogens with zero attached hydrogens (tertiary/aromatic N) is 2. The Morgan fingerprint density at radius 1 is 1.26 bits per heavy atom. The molecule has 0 unspecified atom stereocenters. The van der Waals surface area contributed by atoms with Crippen LogP contribution in [-0.2, 0) is 18.4 Å². The van der Waals surface area contributed by atoms with Crippen molar-refractivity contribution in [2.45, 2.75) is 19.4 Å². The number of urea groups is 1. The van der Waals surface area contributed by atoms with Crippen molar-refractivity contribution < 1.29 is 14.7 Å². The number of aliphatic carboxylic acids is 1. The predicted octanol–water partition coefficient (Wildman–Crippen LogP) is 1.75. The topological polar surface area (TPSA) is 96.2 Å². The van der Waals surface area contributed by atoms with Gasteiger partial charge in [0.15, 0.2) is 0 Å². The van der Waals surface area contributed by atoms with Crippen molar-refractivity contribution >= 4 is 12.0 Å². The molecule has 2 rings (SSSR count). The van der Waals surface area contributed by atoms with Crippen LogP contribution in [-0.4, -0.2) is 33.4 Å². The van der Waals surface area contributed by atoms with E-state index in [2.05, 4.69) is 15.7 Å². The van der Waals surface area contributed by atoms with E-state index in [0.717, 1.165) is 16.7 Å². The van der Waals surface area contributed by atoms with E-state index in [1.165, 1.54) is 0 Å². The molecule has 122 valence electrons.